The third kappa shape index (κ3) is 3.05. The van der Waals surface area contributed by atoms with Crippen LogP contribution in [0.4, 0.5) is 10.1 Å². The Morgan fingerprint density at radius 3 is 3.10 bits per heavy atom. The van der Waals surface area contributed by atoms with E-state index in [-0.39, 0.29) is 18.2 Å². The van der Waals surface area contributed by atoms with E-state index in [0.29, 0.717) is 30.3 Å². The van der Waals surface area contributed by atoms with E-state index in [2.05, 4.69) is 10.6 Å². The van der Waals surface area contributed by atoms with Crippen LogP contribution in [0.15, 0.2) is 18.2 Å². The molecule has 0 aliphatic carbocycles. The molecular weight excluding hydrogens is 275 g/mol. The van der Waals surface area contributed by atoms with Gasteiger partial charge in [-0.05, 0) is 24.1 Å². The Kier molecular flexibility index (Phi) is 3.88. The lowest BCUT2D eigenvalue weighted by Crippen LogP contribution is -2.37. The fourth-order valence-electron chi connectivity index (χ4n) is 2.78. The highest BCUT2D eigenvalue weighted by Gasteiger charge is 2.31. The minimum atomic E-state index is -0.559. The SMILES string of the molecule is O=C1C[C@H](C(=O)NC[C@H]2CCOC2)c2ccc(F)cc2N1. The Hall–Kier alpha value is -1.95. The molecule has 1 fully saturated rings. The lowest BCUT2D eigenvalue weighted by atomic mass is 9.89. The topological polar surface area (TPSA) is 67.4 Å². The monoisotopic (exact) mass is 292 g/mol. The summed E-state index contributed by atoms with van der Waals surface area (Å²) in [6.07, 6.45) is 1.03. The van der Waals surface area contributed by atoms with Gasteiger partial charge < -0.3 is 15.4 Å². The minimum absolute atomic E-state index is 0.0889. The van der Waals surface area contributed by atoms with Crippen LogP contribution < -0.4 is 10.6 Å². The number of carbonyl (C=O) groups is 2. The number of halogens is 1. The number of nitrogens with one attached hydrogen (secondary N) is 2. The molecule has 1 aromatic carbocycles. The predicted octanol–water partition coefficient (Wildman–Crippen LogP) is 1.40. The molecule has 112 valence electrons. The lowest BCUT2D eigenvalue weighted by molar-refractivity contribution is -0.126. The van der Waals surface area contributed by atoms with E-state index in [1.807, 2.05) is 0 Å². The second-order valence-electron chi connectivity index (χ2n) is 5.51. The number of hydrogen-bond acceptors (Lipinski definition) is 3. The molecule has 21 heavy (non-hydrogen) atoms. The number of ether oxygens (including phenoxy) is 1. The summed E-state index contributed by atoms with van der Waals surface area (Å²) in [5, 5.41) is 5.48. The summed E-state index contributed by atoms with van der Waals surface area (Å²) in [6, 6.07) is 4.12. The van der Waals surface area contributed by atoms with Gasteiger partial charge in [-0.15, -0.1) is 0 Å². The van der Waals surface area contributed by atoms with Gasteiger partial charge in [0, 0.05) is 31.2 Å². The van der Waals surface area contributed by atoms with Crippen molar-refractivity contribution in [1.82, 2.24) is 5.32 Å². The molecule has 2 aliphatic heterocycles. The number of anilines is 1. The third-order valence-electron chi connectivity index (χ3n) is 3.96. The van der Waals surface area contributed by atoms with Crippen LogP contribution in [0.1, 0.15) is 24.3 Å². The first-order valence-electron chi connectivity index (χ1n) is 7.08. The average molecular weight is 292 g/mol. The van der Waals surface area contributed by atoms with Gasteiger partial charge in [-0.25, -0.2) is 4.39 Å². The van der Waals surface area contributed by atoms with Gasteiger partial charge >= 0.3 is 0 Å². The largest absolute Gasteiger partial charge is 0.381 e. The molecule has 2 N–H and O–H groups in total. The smallest absolute Gasteiger partial charge is 0.228 e. The zero-order chi connectivity index (χ0) is 14.8. The van der Waals surface area contributed by atoms with Crippen molar-refractivity contribution in [3.8, 4) is 0 Å². The molecule has 3 rings (SSSR count). The number of rotatable bonds is 3. The van der Waals surface area contributed by atoms with Crippen LogP contribution in [0.5, 0.6) is 0 Å². The number of carbonyl (C=O) groups excluding carboxylic acids is 2. The second kappa shape index (κ2) is 5.81. The van der Waals surface area contributed by atoms with Gasteiger partial charge in [0.05, 0.1) is 12.5 Å². The summed E-state index contributed by atoms with van der Waals surface area (Å²) in [6.45, 7) is 1.94. The Morgan fingerprint density at radius 2 is 2.33 bits per heavy atom. The fraction of sp³-hybridized carbons (Fsp3) is 0.467. The molecule has 2 atom stereocenters. The lowest BCUT2D eigenvalue weighted by Gasteiger charge is -2.25. The summed E-state index contributed by atoms with van der Waals surface area (Å²) in [5.74, 6) is -1.11. The van der Waals surface area contributed by atoms with Gasteiger partial charge in [0.25, 0.3) is 0 Å². The first kappa shape index (κ1) is 14.0. The normalized spacial score (nSPS) is 24.3. The quantitative estimate of drug-likeness (QED) is 0.885. The van der Waals surface area contributed by atoms with Crippen molar-refractivity contribution in [3.05, 3.63) is 29.6 Å². The Balaban J connectivity index is 1.72. The maximum Gasteiger partial charge on any atom is 0.228 e. The highest BCUT2D eigenvalue weighted by atomic mass is 19.1. The fourth-order valence-corrected chi connectivity index (χ4v) is 2.78. The van der Waals surface area contributed by atoms with Crippen LogP contribution in [0.2, 0.25) is 0 Å². The van der Waals surface area contributed by atoms with E-state index in [4.69, 9.17) is 4.74 Å². The van der Waals surface area contributed by atoms with Crippen molar-refractivity contribution in [3.63, 3.8) is 0 Å². The van der Waals surface area contributed by atoms with Crippen LogP contribution in [0.3, 0.4) is 0 Å². The maximum atomic E-state index is 13.2. The number of hydrogen-bond donors (Lipinski definition) is 2. The molecule has 0 radical (unpaired) electrons. The molecular formula is C15H17FN2O3. The molecule has 2 amide bonds. The summed E-state index contributed by atoms with van der Waals surface area (Å²) < 4.78 is 18.5. The molecule has 0 bridgehead atoms. The maximum absolute atomic E-state index is 13.2. The molecule has 0 aromatic heterocycles. The van der Waals surface area contributed by atoms with Crippen molar-refractivity contribution in [2.24, 2.45) is 5.92 Å². The van der Waals surface area contributed by atoms with Crippen LogP contribution in [0.25, 0.3) is 0 Å². The van der Waals surface area contributed by atoms with Gasteiger partial charge in [-0.3, -0.25) is 9.59 Å². The molecule has 5 nitrogen and oxygen atoms in total. The molecule has 0 unspecified atom stereocenters. The molecule has 2 aliphatic rings. The van der Waals surface area contributed by atoms with E-state index in [9.17, 15) is 14.0 Å². The van der Waals surface area contributed by atoms with E-state index >= 15 is 0 Å². The van der Waals surface area contributed by atoms with Crippen LogP contribution in [-0.4, -0.2) is 31.6 Å². The first-order valence-corrected chi connectivity index (χ1v) is 7.08. The number of benzene rings is 1. The minimum Gasteiger partial charge on any atom is -0.381 e. The van der Waals surface area contributed by atoms with Crippen molar-refractivity contribution < 1.29 is 18.7 Å². The summed E-state index contributed by atoms with van der Waals surface area (Å²) in [5.41, 5.74) is 1.05. The van der Waals surface area contributed by atoms with Crippen molar-refractivity contribution in [2.45, 2.75) is 18.8 Å². The Labute approximate surface area is 121 Å². The number of fused-ring (bicyclic) bond motifs is 1. The van der Waals surface area contributed by atoms with Gasteiger partial charge in [0.1, 0.15) is 5.82 Å². The molecule has 0 spiro atoms. The van der Waals surface area contributed by atoms with Gasteiger partial charge in [-0.1, -0.05) is 6.07 Å². The average Bonchev–Trinajstić information content (AvgIpc) is 2.96. The van der Waals surface area contributed by atoms with Crippen molar-refractivity contribution >= 4 is 17.5 Å². The van der Waals surface area contributed by atoms with E-state index in [0.717, 1.165) is 13.0 Å². The number of amides is 2. The third-order valence-corrected chi connectivity index (χ3v) is 3.96. The highest BCUT2D eigenvalue weighted by Crippen LogP contribution is 2.32. The van der Waals surface area contributed by atoms with Crippen molar-refractivity contribution in [1.29, 1.82) is 0 Å². The summed E-state index contributed by atoms with van der Waals surface area (Å²) >= 11 is 0. The zero-order valence-electron chi connectivity index (χ0n) is 11.5. The van der Waals surface area contributed by atoms with E-state index in [1.165, 1.54) is 12.1 Å². The highest BCUT2D eigenvalue weighted by molar-refractivity contribution is 6.01. The van der Waals surface area contributed by atoms with Gasteiger partial charge in [0.15, 0.2) is 0 Å². The standard InChI is InChI=1S/C15H17FN2O3/c16-10-1-2-11-12(6-14(19)18-13(11)5-10)15(20)17-7-9-3-4-21-8-9/h1-2,5,9,12H,3-4,6-8H2,(H,17,20)(H,18,19)/t9-,12+/m1/s1. The van der Waals surface area contributed by atoms with Crippen molar-refractivity contribution in [2.75, 3.05) is 25.1 Å². The van der Waals surface area contributed by atoms with Crippen LogP contribution in [-0.2, 0) is 14.3 Å². The zero-order valence-corrected chi connectivity index (χ0v) is 11.5. The molecule has 0 saturated carbocycles. The Bertz CT molecular complexity index is 570. The van der Waals surface area contributed by atoms with Gasteiger partial charge in [0.2, 0.25) is 11.8 Å². The van der Waals surface area contributed by atoms with Crippen LogP contribution in [0, 0.1) is 11.7 Å². The molecule has 2 heterocycles. The van der Waals surface area contributed by atoms with Crippen LogP contribution >= 0.6 is 0 Å². The Morgan fingerprint density at radius 1 is 1.48 bits per heavy atom. The van der Waals surface area contributed by atoms with E-state index in [1.54, 1.807) is 6.07 Å². The summed E-state index contributed by atoms with van der Waals surface area (Å²) in [4.78, 5) is 24.0. The van der Waals surface area contributed by atoms with Gasteiger partial charge in [-0.2, -0.15) is 0 Å². The predicted molar refractivity (Wildman–Crippen MR) is 74.3 cm³/mol. The molecule has 1 saturated heterocycles. The first-order chi connectivity index (χ1) is 10.1. The van der Waals surface area contributed by atoms with E-state index < -0.39 is 11.7 Å². The molecule has 1 aromatic rings. The second-order valence-corrected chi connectivity index (χ2v) is 5.51. The summed E-state index contributed by atoms with van der Waals surface area (Å²) in [7, 11) is 0. The molecule has 6 heteroatoms.